The highest BCUT2D eigenvalue weighted by Gasteiger charge is 2.30. The van der Waals surface area contributed by atoms with E-state index in [1.165, 1.54) is 11.3 Å². The predicted octanol–water partition coefficient (Wildman–Crippen LogP) is 3.91. The van der Waals surface area contributed by atoms with Gasteiger partial charge in [0.2, 0.25) is 0 Å². The van der Waals surface area contributed by atoms with Gasteiger partial charge < -0.3 is 10.6 Å². The summed E-state index contributed by atoms with van der Waals surface area (Å²) in [4.78, 5) is 20.2. The van der Waals surface area contributed by atoms with Crippen molar-refractivity contribution in [2.75, 3.05) is 13.1 Å². The average molecular weight is 394 g/mol. The molecule has 0 spiro atoms. The SMILES string of the molecule is CC1CCN(C(=O)c2csc(-c3cccs3)n2)C(CN)C1.Cl.Cl. The van der Waals surface area contributed by atoms with Crippen LogP contribution in [0.4, 0.5) is 0 Å². The monoisotopic (exact) mass is 393 g/mol. The normalized spacial score (nSPS) is 20.5. The van der Waals surface area contributed by atoms with E-state index in [4.69, 9.17) is 5.73 Å². The number of piperidine rings is 1. The van der Waals surface area contributed by atoms with Crippen LogP contribution in [-0.4, -0.2) is 34.9 Å². The molecule has 23 heavy (non-hydrogen) atoms. The van der Waals surface area contributed by atoms with E-state index in [9.17, 15) is 4.79 Å². The number of rotatable bonds is 3. The standard InChI is InChI=1S/C15H19N3OS2.2ClH/c1-10-4-5-18(11(7-10)8-16)15(19)12-9-21-14(17-12)13-3-2-6-20-13;;/h2-3,6,9-11H,4-5,7-8,16H2,1H3;2*1H. The summed E-state index contributed by atoms with van der Waals surface area (Å²) in [5, 5.41) is 4.81. The van der Waals surface area contributed by atoms with Crippen LogP contribution in [0, 0.1) is 5.92 Å². The first-order valence-electron chi connectivity index (χ1n) is 7.19. The van der Waals surface area contributed by atoms with Gasteiger partial charge in [-0.2, -0.15) is 0 Å². The van der Waals surface area contributed by atoms with E-state index in [0.717, 1.165) is 29.3 Å². The first kappa shape index (κ1) is 20.4. The molecule has 0 bridgehead atoms. The van der Waals surface area contributed by atoms with Gasteiger partial charge in [-0.3, -0.25) is 4.79 Å². The fourth-order valence-electron chi connectivity index (χ4n) is 2.77. The van der Waals surface area contributed by atoms with Crippen LogP contribution in [-0.2, 0) is 0 Å². The van der Waals surface area contributed by atoms with Crippen LogP contribution in [0.1, 0.15) is 30.3 Å². The minimum Gasteiger partial charge on any atom is -0.333 e. The molecule has 2 aromatic rings. The van der Waals surface area contributed by atoms with Crippen LogP contribution in [0.3, 0.4) is 0 Å². The molecule has 1 saturated heterocycles. The molecule has 2 N–H and O–H groups in total. The third-order valence-corrected chi connectivity index (χ3v) is 5.85. The van der Waals surface area contributed by atoms with Gasteiger partial charge in [-0.15, -0.1) is 47.5 Å². The van der Waals surface area contributed by atoms with E-state index in [2.05, 4.69) is 11.9 Å². The van der Waals surface area contributed by atoms with Crippen molar-refractivity contribution in [1.82, 2.24) is 9.88 Å². The summed E-state index contributed by atoms with van der Waals surface area (Å²) in [6.07, 6.45) is 2.04. The van der Waals surface area contributed by atoms with Crippen molar-refractivity contribution in [1.29, 1.82) is 0 Å². The Morgan fingerprint density at radius 1 is 1.43 bits per heavy atom. The highest BCUT2D eigenvalue weighted by Crippen LogP contribution is 2.29. The number of halogens is 2. The van der Waals surface area contributed by atoms with Crippen molar-refractivity contribution in [3.63, 3.8) is 0 Å². The van der Waals surface area contributed by atoms with Gasteiger partial charge in [0.05, 0.1) is 4.88 Å². The quantitative estimate of drug-likeness (QED) is 0.859. The molecule has 128 valence electrons. The molecule has 8 heteroatoms. The number of hydrogen-bond acceptors (Lipinski definition) is 5. The molecule has 4 nitrogen and oxygen atoms in total. The van der Waals surface area contributed by atoms with E-state index in [-0.39, 0.29) is 36.8 Å². The first-order chi connectivity index (χ1) is 10.2. The maximum Gasteiger partial charge on any atom is 0.273 e. The van der Waals surface area contributed by atoms with Crippen molar-refractivity contribution < 1.29 is 4.79 Å². The van der Waals surface area contributed by atoms with E-state index in [1.54, 1.807) is 11.3 Å². The van der Waals surface area contributed by atoms with E-state index in [0.29, 0.717) is 18.2 Å². The number of aromatic nitrogens is 1. The lowest BCUT2D eigenvalue weighted by Gasteiger charge is -2.37. The second-order valence-electron chi connectivity index (χ2n) is 5.53. The fraction of sp³-hybridized carbons (Fsp3) is 0.467. The molecule has 0 saturated carbocycles. The van der Waals surface area contributed by atoms with Gasteiger partial charge >= 0.3 is 0 Å². The minimum absolute atomic E-state index is 0. The smallest absolute Gasteiger partial charge is 0.273 e. The topological polar surface area (TPSA) is 59.2 Å². The largest absolute Gasteiger partial charge is 0.333 e. The zero-order chi connectivity index (χ0) is 14.8. The predicted molar refractivity (Wildman–Crippen MR) is 102 cm³/mol. The van der Waals surface area contributed by atoms with Gasteiger partial charge in [0.15, 0.2) is 0 Å². The number of carbonyl (C=O) groups excluding carboxylic acids is 1. The molecular weight excluding hydrogens is 373 g/mol. The molecule has 1 aliphatic heterocycles. The number of amides is 1. The number of thiazole rings is 1. The average Bonchev–Trinajstić information content (AvgIpc) is 3.17. The molecular formula is C15H21Cl2N3OS2. The Bertz CT molecular complexity index is 618. The van der Waals surface area contributed by atoms with E-state index < -0.39 is 0 Å². The third-order valence-electron chi connectivity index (χ3n) is 3.97. The van der Waals surface area contributed by atoms with Crippen LogP contribution in [0.5, 0.6) is 0 Å². The second-order valence-corrected chi connectivity index (χ2v) is 7.34. The Labute approximate surface area is 156 Å². The Morgan fingerprint density at radius 2 is 2.22 bits per heavy atom. The molecule has 3 heterocycles. The maximum atomic E-state index is 12.7. The molecule has 2 unspecified atom stereocenters. The number of carbonyl (C=O) groups is 1. The summed E-state index contributed by atoms with van der Waals surface area (Å²) in [5.41, 5.74) is 6.40. The fourth-order valence-corrected chi connectivity index (χ4v) is 4.38. The van der Waals surface area contributed by atoms with E-state index >= 15 is 0 Å². The van der Waals surface area contributed by atoms with Gasteiger partial charge in [0.25, 0.3) is 5.91 Å². The summed E-state index contributed by atoms with van der Waals surface area (Å²) < 4.78 is 0. The summed E-state index contributed by atoms with van der Waals surface area (Å²) in [5.74, 6) is 0.663. The molecule has 3 rings (SSSR count). The summed E-state index contributed by atoms with van der Waals surface area (Å²) in [6, 6.07) is 4.18. The van der Waals surface area contributed by atoms with Crippen molar-refractivity contribution in [2.45, 2.75) is 25.8 Å². The number of hydrogen-bond donors (Lipinski definition) is 1. The summed E-state index contributed by atoms with van der Waals surface area (Å²) in [7, 11) is 0. The Kier molecular flexibility index (Phi) is 7.97. The molecule has 1 amide bonds. The van der Waals surface area contributed by atoms with Crippen molar-refractivity contribution in [3.05, 3.63) is 28.6 Å². The number of likely N-dealkylation sites (tertiary alicyclic amines) is 1. The van der Waals surface area contributed by atoms with Crippen molar-refractivity contribution in [2.24, 2.45) is 11.7 Å². The molecule has 2 atom stereocenters. The van der Waals surface area contributed by atoms with Crippen LogP contribution in [0.25, 0.3) is 9.88 Å². The van der Waals surface area contributed by atoms with Crippen LogP contribution >= 0.6 is 47.5 Å². The molecule has 1 aliphatic rings. The van der Waals surface area contributed by atoms with Crippen LogP contribution in [0.2, 0.25) is 0 Å². The third kappa shape index (κ3) is 4.45. The highest BCUT2D eigenvalue weighted by molar-refractivity contribution is 7.20. The zero-order valence-electron chi connectivity index (χ0n) is 12.8. The zero-order valence-corrected chi connectivity index (χ0v) is 16.1. The highest BCUT2D eigenvalue weighted by atomic mass is 35.5. The number of nitrogens with two attached hydrogens (primary N) is 1. The van der Waals surface area contributed by atoms with Gasteiger partial charge in [-0.05, 0) is 30.2 Å². The number of thiophene rings is 1. The van der Waals surface area contributed by atoms with Gasteiger partial charge in [-0.25, -0.2) is 4.98 Å². The lowest BCUT2D eigenvalue weighted by Crippen LogP contribution is -2.49. The number of nitrogens with zero attached hydrogens (tertiary/aromatic N) is 2. The van der Waals surface area contributed by atoms with Crippen LogP contribution < -0.4 is 5.73 Å². The molecule has 0 radical (unpaired) electrons. The second kappa shape index (κ2) is 8.99. The first-order valence-corrected chi connectivity index (χ1v) is 8.95. The van der Waals surface area contributed by atoms with Gasteiger partial charge in [-0.1, -0.05) is 13.0 Å². The molecule has 1 fully saturated rings. The van der Waals surface area contributed by atoms with Crippen molar-refractivity contribution in [3.8, 4) is 9.88 Å². The molecule has 0 aliphatic carbocycles. The van der Waals surface area contributed by atoms with Gasteiger partial charge in [0, 0.05) is 24.5 Å². The Hall–Kier alpha value is -0.660. The van der Waals surface area contributed by atoms with Crippen LogP contribution in [0.15, 0.2) is 22.9 Å². The lowest BCUT2D eigenvalue weighted by molar-refractivity contribution is 0.0568. The summed E-state index contributed by atoms with van der Waals surface area (Å²) in [6.45, 7) is 3.54. The molecule has 2 aromatic heterocycles. The van der Waals surface area contributed by atoms with E-state index in [1.807, 2.05) is 27.8 Å². The molecule has 0 aromatic carbocycles. The Balaban J connectivity index is 0.00000132. The Morgan fingerprint density at radius 3 is 2.87 bits per heavy atom. The minimum atomic E-state index is 0. The lowest BCUT2D eigenvalue weighted by atomic mass is 9.92. The van der Waals surface area contributed by atoms with Gasteiger partial charge in [0.1, 0.15) is 10.7 Å². The summed E-state index contributed by atoms with van der Waals surface area (Å²) >= 11 is 3.17. The van der Waals surface area contributed by atoms with Crippen molar-refractivity contribution >= 4 is 53.4 Å². The maximum absolute atomic E-state index is 12.7.